The SMILES string of the molecule is COCCNC(=O)CCCCCNC(=O)c1c(C)nc2ccccn12. The van der Waals surface area contributed by atoms with Crippen molar-refractivity contribution in [3.63, 3.8) is 0 Å². The molecule has 0 unspecified atom stereocenters. The van der Waals surface area contributed by atoms with Crippen LogP contribution in [0.2, 0.25) is 0 Å². The molecule has 2 N–H and O–H groups in total. The molecule has 136 valence electrons. The third-order valence-electron chi connectivity index (χ3n) is 3.91. The Bertz CT molecular complexity index is 711. The van der Waals surface area contributed by atoms with Gasteiger partial charge in [-0.25, -0.2) is 4.98 Å². The Morgan fingerprint density at radius 3 is 2.80 bits per heavy atom. The van der Waals surface area contributed by atoms with Crippen LogP contribution >= 0.6 is 0 Å². The number of imidazole rings is 1. The van der Waals surface area contributed by atoms with Gasteiger partial charge in [-0.2, -0.15) is 0 Å². The largest absolute Gasteiger partial charge is 0.383 e. The number of amides is 2. The molecule has 0 aromatic carbocycles. The molecule has 0 spiro atoms. The van der Waals surface area contributed by atoms with Crippen molar-refractivity contribution < 1.29 is 14.3 Å². The summed E-state index contributed by atoms with van der Waals surface area (Å²) in [6.07, 6.45) is 4.89. The molecule has 2 amide bonds. The zero-order valence-electron chi connectivity index (χ0n) is 14.9. The molecule has 7 heteroatoms. The van der Waals surface area contributed by atoms with Crippen molar-refractivity contribution in [3.05, 3.63) is 35.8 Å². The van der Waals surface area contributed by atoms with Crippen molar-refractivity contribution in [2.75, 3.05) is 26.8 Å². The molecule has 0 saturated heterocycles. The second-order valence-electron chi connectivity index (χ2n) is 5.88. The van der Waals surface area contributed by atoms with E-state index in [1.54, 1.807) is 11.5 Å². The summed E-state index contributed by atoms with van der Waals surface area (Å²) in [7, 11) is 1.61. The number of carbonyl (C=O) groups is 2. The second kappa shape index (κ2) is 9.78. The molecule has 25 heavy (non-hydrogen) atoms. The van der Waals surface area contributed by atoms with Gasteiger partial charge in [0.05, 0.1) is 12.3 Å². The molecule has 2 heterocycles. The van der Waals surface area contributed by atoms with Crippen molar-refractivity contribution in [1.29, 1.82) is 0 Å². The lowest BCUT2D eigenvalue weighted by Gasteiger charge is -2.07. The second-order valence-corrected chi connectivity index (χ2v) is 5.88. The lowest BCUT2D eigenvalue weighted by atomic mass is 10.2. The molecule has 0 saturated carbocycles. The number of rotatable bonds is 10. The Hall–Kier alpha value is -2.41. The van der Waals surface area contributed by atoms with Crippen LogP contribution in [-0.2, 0) is 9.53 Å². The van der Waals surface area contributed by atoms with Gasteiger partial charge >= 0.3 is 0 Å². The number of unbranched alkanes of at least 4 members (excludes halogenated alkanes) is 2. The lowest BCUT2D eigenvalue weighted by molar-refractivity contribution is -0.121. The minimum absolute atomic E-state index is 0.0439. The van der Waals surface area contributed by atoms with Crippen LogP contribution in [-0.4, -0.2) is 48.0 Å². The summed E-state index contributed by atoms with van der Waals surface area (Å²) >= 11 is 0. The molecule has 0 atom stereocenters. The molecular formula is C18H26N4O3. The smallest absolute Gasteiger partial charge is 0.270 e. The normalized spacial score (nSPS) is 10.8. The third kappa shape index (κ3) is 5.56. The van der Waals surface area contributed by atoms with Gasteiger partial charge in [0, 0.05) is 32.8 Å². The molecule has 0 aliphatic heterocycles. The molecule has 0 fully saturated rings. The highest BCUT2D eigenvalue weighted by atomic mass is 16.5. The first-order valence-corrected chi connectivity index (χ1v) is 8.61. The van der Waals surface area contributed by atoms with Gasteiger partial charge in [-0.3, -0.25) is 14.0 Å². The molecule has 2 rings (SSSR count). The van der Waals surface area contributed by atoms with Crippen molar-refractivity contribution in [2.24, 2.45) is 0 Å². The van der Waals surface area contributed by atoms with E-state index in [0.29, 0.717) is 31.8 Å². The number of hydrogen-bond donors (Lipinski definition) is 2. The number of methoxy groups -OCH3 is 1. The van der Waals surface area contributed by atoms with E-state index in [0.717, 1.165) is 30.6 Å². The predicted octanol–water partition coefficient (Wildman–Crippen LogP) is 1.70. The first-order valence-electron chi connectivity index (χ1n) is 8.61. The summed E-state index contributed by atoms with van der Waals surface area (Å²) in [5, 5.41) is 5.72. The fourth-order valence-electron chi connectivity index (χ4n) is 2.64. The van der Waals surface area contributed by atoms with Gasteiger partial charge in [-0.1, -0.05) is 12.5 Å². The topological polar surface area (TPSA) is 84.7 Å². The predicted molar refractivity (Wildman–Crippen MR) is 95.6 cm³/mol. The zero-order chi connectivity index (χ0) is 18.1. The number of pyridine rings is 1. The summed E-state index contributed by atoms with van der Waals surface area (Å²) in [4.78, 5) is 28.3. The highest BCUT2D eigenvalue weighted by Crippen LogP contribution is 2.11. The quantitative estimate of drug-likeness (QED) is 0.641. The zero-order valence-corrected chi connectivity index (χ0v) is 14.9. The van der Waals surface area contributed by atoms with Gasteiger partial charge in [0.2, 0.25) is 5.91 Å². The van der Waals surface area contributed by atoms with Crippen LogP contribution in [0.15, 0.2) is 24.4 Å². The van der Waals surface area contributed by atoms with Crippen LogP contribution in [0.3, 0.4) is 0 Å². The minimum Gasteiger partial charge on any atom is -0.383 e. The molecule has 2 aromatic rings. The van der Waals surface area contributed by atoms with Crippen LogP contribution in [0, 0.1) is 6.92 Å². The molecule has 0 aliphatic carbocycles. The maximum atomic E-state index is 12.4. The van der Waals surface area contributed by atoms with Gasteiger partial charge in [-0.15, -0.1) is 0 Å². The van der Waals surface area contributed by atoms with E-state index in [4.69, 9.17) is 4.74 Å². The van der Waals surface area contributed by atoms with E-state index in [2.05, 4.69) is 15.6 Å². The number of hydrogen-bond acceptors (Lipinski definition) is 4. The van der Waals surface area contributed by atoms with Gasteiger partial charge in [-0.05, 0) is 31.9 Å². The Kier molecular flexibility index (Phi) is 7.40. The first kappa shape index (κ1) is 18.9. The third-order valence-corrected chi connectivity index (χ3v) is 3.91. The number of carbonyl (C=O) groups excluding carboxylic acids is 2. The molecule has 2 aromatic heterocycles. The van der Waals surface area contributed by atoms with Gasteiger partial charge < -0.3 is 15.4 Å². The summed E-state index contributed by atoms with van der Waals surface area (Å²) in [5.74, 6) is -0.0732. The van der Waals surface area contributed by atoms with Crippen LogP contribution in [0.25, 0.3) is 5.65 Å². The minimum atomic E-state index is -0.117. The van der Waals surface area contributed by atoms with Crippen molar-refractivity contribution in [2.45, 2.75) is 32.6 Å². The van der Waals surface area contributed by atoms with E-state index >= 15 is 0 Å². The van der Waals surface area contributed by atoms with Gasteiger partial charge in [0.15, 0.2) is 0 Å². The lowest BCUT2D eigenvalue weighted by Crippen LogP contribution is -2.27. The number of nitrogens with zero attached hydrogens (tertiary/aromatic N) is 2. The van der Waals surface area contributed by atoms with Crippen LogP contribution in [0.4, 0.5) is 0 Å². The van der Waals surface area contributed by atoms with E-state index in [9.17, 15) is 9.59 Å². The Labute approximate surface area is 147 Å². The monoisotopic (exact) mass is 346 g/mol. The van der Waals surface area contributed by atoms with Gasteiger partial charge in [0.25, 0.3) is 5.91 Å². The van der Waals surface area contributed by atoms with E-state index in [-0.39, 0.29) is 11.8 Å². The van der Waals surface area contributed by atoms with E-state index < -0.39 is 0 Å². The number of ether oxygens (including phenoxy) is 1. The summed E-state index contributed by atoms with van der Waals surface area (Å²) < 4.78 is 6.68. The molecule has 0 aliphatic rings. The van der Waals surface area contributed by atoms with Crippen molar-refractivity contribution in [1.82, 2.24) is 20.0 Å². The standard InChI is InChI=1S/C18H26N4O3/c1-14-17(22-12-7-5-8-15(22)21-14)18(24)20-10-6-3-4-9-16(23)19-11-13-25-2/h5,7-8,12H,3-4,6,9-11,13H2,1-2H3,(H,19,23)(H,20,24). The Morgan fingerprint density at radius 1 is 1.16 bits per heavy atom. The number of aromatic nitrogens is 2. The average Bonchev–Trinajstić information content (AvgIpc) is 2.93. The molecule has 0 bridgehead atoms. The highest BCUT2D eigenvalue weighted by molar-refractivity contribution is 5.94. The van der Waals surface area contributed by atoms with E-state index in [1.807, 2.05) is 31.3 Å². The van der Waals surface area contributed by atoms with E-state index in [1.165, 1.54) is 0 Å². The van der Waals surface area contributed by atoms with Crippen molar-refractivity contribution in [3.8, 4) is 0 Å². The average molecular weight is 346 g/mol. The number of aryl methyl sites for hydroxylation is 1. The van der Waals surface area contributed by atoms with Crippen molar-refractivity contribution >= 4 is 17.5 Å². The molecular weight excluding hydrogens is 320 g/mol. The Balaban J connectivity index is 1.67. The van der Waals surface area contributed by atoms with Crippen LogP contribution in [0.5, 0.6) is 0 Å². The molecule has 0 radical (unpaired) electrons. The number of nitrogens with one attached hydrogen (secondary N) is 2. The first-order chi connectivity index (χ1) is 12.1. The fourth-order valence-corrected chi connectivity index (χ4v) is 2.64. The van der Waals surface area contributed by atoms with Crippen LogP contribution < -0.4 is 10.6 Å². The van der Waals surface area contributed by atoms with Gasteiger partial charge in [0.1, 0.15) is 11.3 Å². The number of fused-ring (bicyclic) bond motifs is 1. The Morgan fingerprint density at radius 2 is 2.00 bits per heavy atom. The maximum Gasteiger partial charge on any atom is 0.270 e. The van der Waals surface area contributed by atoms with Crippen LogP contribution in [0.1, 0.15) is 41.9 Å². The maximum absolute atomic E-state index is 12.4. The molecule has 7 nitrogen and oxygen atoms in total. The summed E-state index contributed by atoms with van der Waals surface area (Å²) in [6, 6.07) is 5.65. The summed E-state index contributed by atoms with van der Waals surface area (Å²) in [6.45, 7) is 3.50. The highest BCUT2D eigenvalue weighted by Gasteiger charge is 2.15. The fraction of sp³-hybridized carbons (Fsp3) is 0.500. The summed E-state index contributed by atoms with van der Waals surface area (Å²) in [5.41, 5.74) is 2.06.